The van der Waals surface area contributed by atoms with E-state index in [0.29, 0.717) is 25.1 Å². The number of hydrogen-bond acceptors (Lipinski definition) is 4. The number of piperidine rings is 1. The molecule has 0 radical (unpaired) electrons. The van der Waals surface area contributed by atoms with Crippen molar-refractivity contribution in [1.29, 1.82) is 5.31 Å². The molecule has 1 aliphatic carbocycles. The predicted molar refractivity (Wildman–Crippen MR) is 65.5 cm³/mol. The third-order valence-electron chi connectivity index (χ3n) is 3.80. The molecule has 1 aliphatic heterocycles. The van der Waals surface area contributed by atoms with E-state index in [2.05, 4.69) is 0 Å². The van der Waals surface area contributed by atoms with Crippen molar-refractivity contribution in [2.45, 2.75) is 26.1 Å². The maximum atomic E-state index is 12.2. The topological polar surface area (TPSA) is 79.4 Å². The Hall–Kier alpha value is -0.347. The molecule has 0 spiro atoms. The number of carbonyl (C=O) groups is 1. The van der Waals surface area contributed by atoms with E-state index in [0.717, 1.165) is 19.3 Å². The molecule has 3 atom stereocenters. The molecule has 2 rings (SSSR count). The summed E-state index contributed by atoms with van der Waals surface area (Å²) >= 11 is 1.35. The van der Waals surface area contributed by atoms with Crippen molar-refractivity contribution in [1.82, 2.24) is 4.90 Å². The average Bonchev–Trinajstić information content (AvgIpc) is 2.35. The summed E-state index contributed by atoms with van der Waals surface area (Å²) in [7, 11) is 0. The number of amides is 1. The van der Waals surface area contributed by atoms with Crippen LogP contribution in [0.5, 0.6) is 0 Å². The Kier molecular flexibility index (Phi) is 4.49. The van der Waals surface area contributed by atoms with Crippen LogP contribution in [0.1, 0.15) is 19.3 Å². The van der Waals surface area contributed by atoms with Crippen molar-refractivity contribution in [3.8, 4) is 0 Å². The third-order valence-corrected chi connectivity index (χ3v) is 5.79. The third kappa shape index (κ3) is 2.80. The Morgan fingerprint density at radius 2 is 2.17 bits per heavy atom. The van der Waals surface area contributed by atoms with Crippen molar-refractivity contribution in [3.05, 3.63) is 0 Å². The molecule has 1 saturated carbocycles. The monoisotopic (exact) mass is 420 g/mol. The number of rotatable bonds is 4. The molecule has 0 aromatic heterocycles. The summed E-state index contributed by atoms with van der Waals surface area (Å²) in [5, 5.41) is 7.38. The van der Waals surface area contributed by atoms with Gasteiger partial charge in [-0.2, -0.15) is 0 Å². The van der Waals surface area contributed by atoms with E-state index in [1.807, 2.05) is 0 Å². The molecule has 1 amide bonds. The Balaban J connectivity index is 2.03. The molecule has 0 aromatic carbocycles. The second-order valence-corrected chi connectivity index (χ2v) is 6.73. The van der Waals surface area contributed by atoms with Gasteiger partial charge in [0.05, 0.1) is 0 Å². The zero-order valence-corrected chi connectivity index (χ0v) is 13.5. The first-order valence-corrected chi connectivity index (χ1v) is 7.87. The number of likely N-dealkylation sites (tertiary alicyclic amines) is 1. The first-order valence-electron chi connectivity index (χ1n) is 6.41. The van der Waals surface area contributed by atoms with Gasteiger partial charge in [-0.1, -0.05) is 0 Å². The molecular formula is C11H19BN3O2W-. The van der Waals surface area contributed by atoms with Gasteiger partial charge < -0.3 is 0 Å². The number of nitrogens with two attached hydrogens (primary N) is 1. The summed E-state index contributed by atoms with van der Waals surface area (Å²) in [6.45, 7) is 2.18. The van der Waals surface area contributed by atoms with Gasteiger partial charge in [0.25, 0.3) is 0 Å². The second kappa shape index (κ2) is 5.74. The van der Waals surface area contributed by atoms with Crippen LogP contribution < -0.4 is 5.73 Å². The summed E-state index contributed by atoms with van der Waals surface area (Å²) in [5.41, 5.74) is 5.67. The SMILES string of the molecule is C[B-](=N)OCC1CC2CC(C1)[C](=[W])N(CN)C2=O. The summed E-state index contributed by atoms with van der Waals surface area (Å²) in [4.78, 5) is 14.0. The summed E-state index contributed by atoms with van der Waals surface area (Å²) in [5.74, 6) is 1.22. The van der Waals surface area contributed by atoms with Crippen molar-refractivity contribution >= 4 is 16.6 Å². The molecule has 2 aliphatic rings. The van der Waals surface area contributed by atoms with E-state index in [1.165, 1.54) is 23.4 Å². The molecule has 3 unspecified atom stereocenters. The second-order valence-electron chi connectivity index (χ2n) is 5.23. The van der Waals surface area contributed by atoms with Crippen LogP contribution in [0.25, 0.3) is 0 Å². The molecule has 18 heavy (non-hydrogen) atoms. The van der Waals surface area contributed by atoms with Gasteiger partial charge in [-0.25, -0.2) is 0 Å². The van der Waals surface area contributed by atoms with Crippen LogP contribution in [0, 0.1) is 23.1 Å². The maximum absolute atomic E-state index is 12.2. The Labute approximate surface area is 118 Å². The van der Waals surface area contributed by atoms with Gasteiger partial charge in [0, 0.05) is 0 Å². The van der Waals surface area contributed by atoms with Crippen LogP contribution in [-0.2, 0) is 28.8 Å². The van der Waals surface area contributed by atoms with Crippen LogP contribution in [0.2, 0.25) is 6.82 Å². The van der Waals surface area contributed by atoms with E-state index in [-0.39, 0.29) is 11.8 Å². The van der Waals surface area contributed by atoms with Gasteiger partial charge in [0.1, 0.15) is 0 Å². The van der Waals surface area contributed by atoms with Crippen LogP contribution in [0.15, 0.2) is 0 Å². The molecule has 2 bridgehead atoms. The average molecular weight is 420 g/mol. The van der Waals surface area contributed by atoms with Crippen molar-refractivity contribution in [2.24, 2.45) is 23.5 Å². The Morgan fingerprint density at radius 3 is 2.78 bits per heavy atom. The molecule has 3 N–H and O–H groups in total. The Bertz CT molecular complexity index is 366. The molecule has 1 heterocycles. The molecule has 1 saturated heterocycles. The zero-order chi connectivity index (χ0) is 13.3. The predicted octanol–water partition coefficient (Wildman–Crippen LogP) is 0.436. The van der Waals surface area contributed by atoms with Gasteiger partial charge in [-0.3, -0.25) is 0 Å². The molecule has 100 valence electrons. The van der Waals surface area contributed by atoms with Crippen LogP contribution in [0.3, 0.4) is 0 Å². The minimum atomic E-state index is -0.473. The van der Waals surface area contributed by atoms with E-state index in [1.54, 1.807) is 11.7 Å². The summed E-state index contributed by atoms with van der Waals surface area (Å²) in [6.07, 6.45) is 2.95. The van der Waals surface area contributed by atoms with E-state index >= 15 is 0 Å². The van der Waals surface area contributed by atoms with Crippen LogP contribution in [-0.4, -0.2) is 34.8 Å². The Morgan fingerprint density at radius 1 is 1.50 bits per heavy atom. The molecule has 0 aromatic rings. The number of hydrogen-bond donors (Lipinski definition) is 2. The van der Waals surface area contributed by atoms with Crippen LogP contribution >= 0.6 is 0 Å². The van der Waals surface area contributed by atoms with Gasteiger partial charge in [0.15, 0.2) is 0 Å². The number of carbonyl (C=O) groups excluding carboxylic acids is 1. The van der Waals surface area contributed by atoms with Crippen molar-refractivity contribution < 1.29 is 28.8 Å². The van der Waals surface area contributed by atoms with Gasteiger partial charge in [-0.15, -0.1) is 0 Å². The number of fused-ring (bicyclic) bond motifs is 2. The standard InChI is InChI=1S/C11H19BN3O2.W/c1-12(14)17-6-9-2-8-3-10(4-9)11(16)15(5-8)7-13;/h8-10,14H,2-4,6-7,13H2,1H3;/q-1;. The normalized spacial score (nSPS) is 31.4. The molecule has 5 nitrogen and oxygen atoms in total. The number of nitrogens with one attached hydrogen (secondary N) is 1. The molecular weight excluding hydrogens is 401 g/mol. The first kappa shape index (κ1) is 14.1. The van der Waals surface area contributed by atoms with Crippen molar-refractivity contribution in [2.75, 3.05) is 13.3 Å². The summed E-state index contributed by atoms with van der Waals surface area (Å²) in [6, 6.07) is 0. The molecule has 7 heteroatoms. The fraction of sp³-hybridized carbons (Fsp3) is 0.818. The molecule has 2 fully saturated rings. The van der Waals surface area contributed by atoms with Gasteiger partial charge >= 0.3 is 118 Å². The number of nitrogens with zero attached hydrogens (tertiary/aromatic N) is 1. The summed E-state index contributed by atoms with van der Waals surface area (Å²) < 4.78 is 6.58. The van der Waals surface area contributed by atoms with Gasteiger partial charge in [-0.05, 0) is 0 Å². The van der Waals surface area contributed by atoms with E-state index in [4.69, 9.17) is 15.7 Å². The van der Waals surface area contributed by atoms with Crippen LogP contribution in [0.4, 0.5) is 0 Å². The fourth-order valence-corrected chi connectivity index (χ4v) is 4.27. The zero-order valence-electron chi connectivity index (χ0n) is 10.6. The first-order chi connectivity index (χ1) is 8.52. The van der Waals surface area contributed by atoms with Crippen molar-refractivity contribution in [3.63, 3.8) is 0 Å². The van der Waals surface area contributed by atoms with Gasteiger partial charge in [0.2, 0.25) is 0 Å². The van der Waals surface area contributed by atoms with E-state index in [9.17, 15) is 4.79 Å². The van der Waals surface area contributed by atoms with E-state index < -0.39 is 6.71 Å². The minimum absolute atomic E-state index is 0.116. The quantitative estimate of drug-likeness (QED) is 0.649. The fourth-order valence-electron chi connectivity index (χ4n) is 2.99.